The molecule has 1 atom stereocenters. The normalized spacial score (nSPS) is 22.0. The summed E-state index contributed by atoms with van der Waals surface area (Å²) in [7, 11) is 0. The van der Waals surface area contributed by atoms with Gasteiger partial charge in [0.1, 0.15) is 0 Å². The fourth-order valence-electron chi connectivity index (χ4n) is 2.84. The number of hydrogen-bond acceptors (Lipinski definition) is 4. The summed E-state index contributed by atoms with van der Waals surface area (Å²) in [6.07, 6.45) is 4.46. The summed E-state index contributed by atoms with van der Waals surface area (Å²) in [6, 6.07) is -0.0792. The Morgan fingerprint density at radius 2 is 2.15 bits per heavy atom. The van der Waals surface area contributed by atoms with Crippen LogP contribution in [0.3, 0.4) is 0 Å². The molecule has 3 amide bonds. The quantitative estimate of drug-likeness (QED) is 0.754. The fraction of sp³-hybridized carbons (Fsp3) is 0.846. The molecule has 2 heterocycles. The van der Waals surface area contributed by atoms with E-state index in [1.807, 2.05) is 16.1 Å². The monoisotopic (exact) mass is 300 g/mol. The molecule has 0 radical (unpaired) electrons. The van der Waals surface area contributed by atoms with E-state index in [-0.39, 0.29) is 24.0 Å². The van der Waals surface area contributed by atoms with Gasteiger partial charge in [-0.3, -0.25) is 4.79 Å². The molecule has 0 spiro atoms. The zero-order chi connectivity index (χ0) is 14.5. The molecule has 114 valence electrons. The van der Waals surface area contributed by atoms with Gasteiger partial charge in [-0.05, 0) is 31.3 Å². The number of nitrogens with zero attached hydrogens (tertiary/aromatic N) is 2. The van der Waals surface area contributed by atoms with Gasteiger partial charge >= 0.3 is 6.03 Å². The van der Waals surface area contributed by atoms with E-state index in [9.17, 15) is 9.59 Å². The first-order valence-corrected chi connectivity index (χ1v) is 8.60. The summed E-state index contributed by atoms with van der Waals surface area (Å²) < 4.78 is 0. The van der Waals surface area contributed by atoms with Crippen LogP contribution < -0.4 is 11.1 Å². The topological polar surface area (TPSA) is 78.7 Å². The Hall–Kier alpha value is -0.950. The van der Waals surface area contributed by atoms with Crippen molar-refractivity contribution in [2.45, 2.75) is 31.3 Å². The van der Waals surface area contributed by atoms with Crippen LogP contribution in [-0.2, 0) is 4.79 Å². The molecular weight excluding hydrogens is 276 g/mol. The summed E-state index contributed by atoms with van der Waals surface area (Å²) in [5.41, 5.74) is 5.93. The second-order valence-corrected chi connectivity index (χ2v) is 6.36. The minimum atomic E-state index is -0.380. The van der Waals surface area contributed by atoms with Crippen molar-refractivity contribution in [3.8, 4) is 0 Å². The van der Waals surface area contributed by atoms with Crippen LogP contribution >= 0.6 is 11.8 Å². The number of rotatable bonds is 5. The van der Waals surface area contributed by atoms with Crippen molar-refractivity contribution in [1.82, 2.24) is 15.1 Å². The number of carbonyl (C=O) groups excluding carboxylic acids is 2. The van der Waals surface area contributed by atoms with Crippen LogP contribution in [0, 0.1) is 0 Å². The standard InChI is InChI=1S/C13H24N4O2S/c1-20-9-4-11(14)12(18)16-6-2-10(3-7-16)17-8-5-15-13(17)19/h10-11H,2-9,14H2,1H3,(H,15,19)/t11-/m1/s1. The lowest BCUT2D eigenvalue weighted by Crippen LogP contribution is -2.51. The van der Waals surface area contributed by atoms with Gasteiger partial charge in [-0.25, -0.2) is 4.79 Å². The third-order valence-electron chi connectivity index (χ3n) is 4.06. The highest BCUT2D eigenvalue weighted by Gasteiger charge is 2.32. The molecule has 2 fully saturated rings. The molecule has 20 heavy (non-hydrogen) atoms. The van der Waals surface area contributed by atoms with Gasteiger partial charge in [-0.1, -0.05) is 0 Å². The third kappa shape index (κ3) is 3.58. The molecule has 0 aromatic heterocycles. The van der Waals surface area contributed by atoms with E-state index in [0.29, 0.717) is 13.1 Å². The summed E-state index contributed by atoms with van der Waals surface area (Å²) in [5, 5.41) is 2.83. The molecule has 3 N–H and O–H groups in total. The fourth-order valence-corrected chi connectivity index (χ4v) is 3.33. The Morgan fingerprint density at radius 3 is 2.70 bits per heavy atom. The molecule has 0 unspecified atom stereocenters. The first-order valence-electron chi connectivity index (χ1n) is 7.21. The van der Waals surface area contributed by atoms with Crippen molar-refractivity contribution < 1.29 is 9.59 Å². The maximum Gasteiger partial charge on any atom is 0.317 e. The van der Waals surface area contributed by atoms with E-state index in [1.165, 1.54) is 0 Å². The van der Waals surface area contributed by atoms with Crippen LogP contribution in [0.4, 0.5) is 4.79 Å². The number of carbonyl (C=O) groups is 2. The second-order valence-electron chi connectivity index (χ2n) is 5.37. The molecule has 0 saturated carbocycles. The number of thioether (sulfide) groups is 1. The van der Waals surface area contributed by atoms with Crippen LogP contribution in [0.2, 0.25) is 0 Å². The van der Waals surface area contributed by atoms with Gasteiger partial charge in [-0.15, -0.1) is 0 Å². The lowest BCUT2D eigenvalue weighted by Gasteiger charge is -2.37. The largest absolute Gasteiger partial charge is 0.341 e. The first kappa shape index (κ1) is 15.4. The third-order valence-corrected chi connectivity index (χ3v) is 4.70. The van der Waals surface area contributed by atoms with Crippen LogP contribution in [-0.4, -0.2) is 72.0 Å². The number of piperidine rings is 1. The lowest BCUT2D eigenvalue weighted by atomic mass is 10.0. The minimum Gasteiger partial charge on any atom is -0.341 e. The number of likely N-dealkylation sites (tertiary alicyclic amines) is 1. The smallest absolute Gasteiger partial charge is 0.317 e. The van der Waals surface area contributed by atoms with Gasteiger partial charge < -0.3 is 20.9 Å². The molecule has 2 aliphatic heterocycles. The summed E-state index contributed by atoms with van der Waals surface area (Å²) in [6.45, 7) is 2.93. The Labute approximate surface area is 124 Å². The van der Waals surface area contributed by atoms with Crippen molar-refractivity contribution in [2.24, 2.45) is 5.73 Å². The Kier molecular flexibility index (Phi) is 5.54. The summed E-state index contributed by atoms with van der Waals surface area (Å²) in [4.78, 5) is 27.6. The molecule has 2 rings (SSSR count). The average Bonchev–Trinajstić information content (AvgIpc) is 2.90. The first-order chi connectivity index (χ1) is 9.63. The van der Waals surface area contributed by atoms with E-state index >= 15 is 0 Å². The number of nitrogens with two attached hydrogens (primary N) is 1. The van der Waals surface area contributed by atoms with E-state index in [4.69, 9.17) is 5.73 Å². The SMILES string of the molecule is CSCC[C@@H](N)C(=O)N1CCC(N2CCNC2=O)CC1. The van der Waals surface area contributed by atoms with E-state index < -0.39 is 0 Å². The van der Waals surface area contributed by atoms with Gasteiger partial charge in [-0.2, -0.15) is 11.8 Å². The Bertz CT molecular complexity index is 358. The van der Waals surface area contributed by atoms with Crippen molar-refractivity contribution in [1.29, 1.82) is 0 Å². The molecular formula is C13H24N4O2S. The average molecular weight is 300 g/mol. The van der Waals surface area contributed by atoms with Gasteiger partial charge in [0.25, 0.3) is 0 Å². The van der Waals surface area contributed by atoms with Crippen molar-refractivity contribution in [3.05, 3.63) is 0 Å². The molecule has 0 aliphatic carbocycles. The van der Waals surface area contributed by atoms with Crippen LogP contribution in [0.15, 0.2) is 0 Å². The highest BCUT2D eigenvalue weighted by Crippen LogP contribution is 2.19. The number of urea groups is 1. The lowest BCUT2D eigenvalue weighted by molar-refractivity contribution is -0.134. The molecule has 0 aromatic rings. The molecule has 7 heteroatoms. The summed E-state index contributed by atoms with van der Waals surface area (Å²) in [5.74, 6) is 0.973. The Balaban J connectivity index is 1.78. The van der Waals surface area contributed by atoms with Gasteiger partial charge in [0.15, 0.2) is 0 Å². The maximum absolute atomic E-state index is 12.2. The number of hydrogen-bond donors (Lipinski definition) is 2. The number of amides is 3. The van der Waals surface area contributed by atoms with Gasteiger partial charge in [0, 0.05) is 32.2 Å². The van der Waals surface area contributed by atoms with E-state index in [0.717, 1.165) is 38.1 Å². The molecule has 0 bridgehead atoms. The van der Waals surface area contributed by atoms with Crippen molar-refractivity contribution >= 4 is 23.7 Å². The predicted octanol–water partition coefficient (Wildman–Crippen LogP) is 0.0830. The zero-order valence-corrected chi connectivity index (χ0v) is 12.8. The Morgan fingerprint density at radius 1 is 1.45 bits per heavy atom. The highest BCUT2D eigenvalue weighted by atomic mass is 32.2. The van der Waals surface area contributed by atoms with Crippen LogP contribution in [0.1, 0.15) is 19.3 Å². The van der Waals surface area contributed by atoms with Crippen molar-refractivity contribution in [3.63, 3.8) is 0 Å². The summed E-state index contributed by atoms with van der Waals surface area (Å²) >= 11 is 1.71. The minimum absolute atomic E-state index is 0.0337. The van der Waals surface area contributed by atoms with Gasteiger partial charge in [0.05, 0.1) is 6.04 Å². The molecule has 6 nitrogen and oxygen atoms in total. The van der Waals surface area contributed by atoms with Crippen molar-refractivity contribution in [2.75, 3.05) is 38.2 Å². The highest BCUT2D eigenvalue weighted by molar-refractivity contribution is 7.98. The zero-order valence-electron chi connectivity index (χ0n) is 12.0. The van der Waals surface area contributed by atoms with E-state index in [2.05, 4.69) is 5.32 Å². The number of nitrogens with one attached hydrogen (secondary N) is 1. The molecule has 0 aromatic carbocycles. The van der Waals surface area contributed by atoms with E-state index in [1.54, 1.807) is 11.8 Å². The molecule has 2 aliphatic rings. The van der Waals surface area contributed by atoms with Crippen LogP contribution in [0.25, 0.3) is 0 Å². The van der Waals surface area contributed by atoms with Gasteiger partial charge in [0.2, 0.25) is 5.91 Å². The predicted molar refractivity (Wildman–Crippen MR) is 80.7 cm³/mol. The van der Waals surface area contributed by atoms with Crippen LogP contribution in [0.5, 0.6) is 0 Å². The molecule has 2 saturated heterocycles. The maximum atomic E-state index is 12.2. The second kappa shape index (κ2) is 7.17.